The first-order chi connectivity index (χ1) is 15.0. The van der Waals surface area contributed by atoms with Gasteiger partial charge in [0.05, 0.1) is 18.1 Å². The summed E-state index contributed by atoms with van der Waals surface area (Å²) in [5.74, 6) is 0.684. The third-order valence-corrected chi connectivity index (χ3v) is 5.78. The third-order valence-electron chi connectivity index (χ3n) is 5.78. The maximum atomic E-state index is 13.0. The summed E-state index contributed by atoms with van der Waals surface area (Å²) >= 11 is 0. The number of nitro benzene ring substituents is 1. The van der Waals surface area contributed by atoms with E-state index in [9.17, 15) is 14.9 Å². The van der Waals surface area contributed by atoms with E-state index in [1.165, 1.54) is 12.1 Å². The molecule has 0 unspecified atom stereocenters. The van der Waals surface area contributed by atoms with Gasteiger partial charge in [-0.15, -0.1) is 0 Å². The van der Waals surface area contributed by atoms with Gasteiger partial charge in [-0.05, 0) is 38.3 Å². The van der Waals surface area contributed by atoms with Crippen molar-refractivity contribution in [2.75, 3.05) is 31.3 Å². The summed E-state index contributed by atoms with van der Waals surface area (Å²) in [6, 6.07) is 11.0. The highest BCUT2D eigenvalue weighted by Gasteiger charge is 2.25. The summed E-state index contributed by atoms with van der Waals surface area (Å²) in [5, 5.41) is 11.5. The first-order valence-electron chi connectivity index (χ1n) is 10.6. The van der Waals surface area contributed by atoms with Gasteiger partial charge < -0.3 is 19.3 Å². The van der Waals surface area contributed by atoms with Crippen LogP contribution < -0.4 is 9.64 Å². The minimum absolute atomic E-state index is 0.00550. The summed E-state index contributed by atoms with van der Waals surface area (Å²) in [4.78, 5) is 28.0. The Morgan fingerprint density at radius 1 is 1.16 bits per heavy atom. The molecular formula is C23H27N3O5. The van der Waals surface area contributed by atoms with Gasteiger partial charge in [0.15, 0.2) is 6.79 Å². The van der Waals surface area contributed by atoms with Crippen LogP contribution in [-0.2, 0) is 22.7 Å². The number of nitrogens with zero attached hydrogens (tertiary/aromatic N) is 3. The fourth-order valence-corrected chi connectivity index (χ4v) is 4.11. The van der Waals surface area contributed by atoms with E-state index in [-0.39, 0.29) is 31.5 Å². The van der Waals surface area contributed by atoms with Gasteiger partial charge in [0, 0.05) is 48.6 Å². The van der Waals surface area contributed by atoms with Crippen molar-refractivity contribution in [1.29, 1.82) is 0 Å². The maximum Gasteiger partial charge on any atom is 0.270 e. The highest BCUT2D eigenvalue weighted by atomic mass is 16.7. The fourth-order valence-electron chi connectivity index (χ4n) is 4.11. The van der Waals surface area contributed by atoms with Crippen LogP contribution in [0.5, 0.6) is 5.75 Å². The maximum absolute atomic E-state index is 13.0. The number of likely N-dealkylation sites (tertiary alicyclic amines) is 1. The van der Waals surface area contributed by atoms with E-state index in [1.807, 2.05) is 41.0 Å². The van der Waals surface area contributed by atoms with E-state index in [4.69, 9.17) is 9.47 Å². The van der Waals surface area contributed by atoms with E-state index in [2.05, 4.69) is 0 Å². The lowest BCUT2D eigenvalue weighted by atomic mass is 10.1. The minimum Gasteiger partial charge on any atom is -0.467 e. The number of benzene rings is 2. The number of carbonyl (C=O) groups is 1. The van der Waals surface area contributed by atoms with Gasteiger partial charge in [-0.25, -0.2) is 0 Å². The zero-order valence-corrected chi connectivity index (χ0v) is 17.7. The number of piperidine rings is 1. The molecule has 31 heavy (non-hydrogen) atoms. The molecule has 2 aromatic carbocycles. The SMILES string of the molecule is Cc1ccc(N(CC(=O)N2CCCCC2)Cc2cc([N+](=O)[O-])cc3c2OCOC3)cc1. The van der Waals surface area contributed by atoms with Crippen molar-refractivity contribution in [3.8, 4) is 5.75 Å². The molecule has 2 heterocycles. The molecule has 1 fully saturated rings. The second-order valence-corrected chi connectivity index (χ2v) is 8.09. The number of hydrogen-bond donors (Lipinski definition) is 0. The van der Waals surface area contributed by atoms with Gasteiger partial charge in [0.25, 0.3) is 5.69 Å². The number of anilines is 1. The van der Waals surface area contributed by atoms with Crippen molar-refractivity contribution in [3.63, 3.8) is 0 Å². The molecule has 2 aliphatic rings. The predicted molar refractivity (Wildman–Crippen MR) is 116 cm³/mol. The molecule has 0 aliphatic carbocycles. The number of hydrogen-bond acceptors (Lipinski definition) is 6. The normalized spacial score (nSPS) is 15.7. The third kappa shape index (κ3) is 4.96. The molecule has 164 valence electrons. The van der Waals surface area contributed by atoms with Gasteiger partial charge in [-0.1, -0.05) is 17.7 Å². The average Bonchev–Trinajstić information content (AvgIpc) is 2.79. The summed E-state index contributed by atoms with van der Waals surface area (Å²) in [5.41, 5.74) is 3.35. The van der Waals surface area contributed by atoms with E-state index in [1.54, 1.807) is 0 Å². The van der Waals surface area contributed by atoms with Crippen molar-refractivity contribution >= 4 is 17.3 Å². The molecule has 1 saturated heterocycles. The number of amides is 1. The van der Waals surface area contributed by atoms with Crippen molar-refractivity contribution in [2.45, 2.75) is 39.3 Å². The zero-order chi connectivity index (χ0) is 21.8. The highest BCUT2D eigenvalue weighted by molar-refractivity contribution is 5.81. The van der Waals surface area contributed by atoms with Gasteiger partial charge in [0.1, 0.15) is 5.75 Å². The quantitative estimate of drug-likeness (QED) is 0.517. The van der Waals surface area contributed by atoms with Crippen molar-refractivity contribution in [3.05, 3.63) is 63.2 Å². The second kappa shape index (κ2) is 9.34. The first kappa shape index (κ1) is 21.1. The number of rotatable bonds is 6. The van der Waals surface area contributed by atoms with Crippen molar-refractivity contribution < 1.29 is 19.2 Å². The molecular weight excluding hydrogens is 398 g/mol. The lowest BCUT2D eigenvalue weighted by Crippen LogP contribution is -2.42. The Balaban J connectivity index is 1.65. The lowest BCUT2D eigenvalue weighted by molar-refractivity contribution is -0.385. The minimum atomic E-state index is -0.409. The number of ether oxygens (including phenoxy) is 2. The molecule has 0 bridgehead atoms. The van der Waals surface area contributed by atoms with E-state index >= 15 is 0 Å². The molecule has 0 atom stereocenters. The van der Waals surface area contributed by atoms with Gasteiger partial charge in [-0.2, -0.15) is 0 Å². The number of nitro groups is 1. The Morgan fingerprint density at radius 3 is 2.61 bits per heavy atom. The van der Waals surface area contributed by atoms with Crippen LogP contribution in [0.2, 0.25) is 0 Å². The Hall–Kier alpha value is -3.13. The molecule has 0 spiro atoms. The Bertz CT molecular complexity index is 954. The van der Waals surface area contributed by atoms with Crippen LogP contribution >= 0.6 is 0 Å². The van der Waals surface area contributed by atoms with Crippen molar-refractivity contribution in [1.82, 2.24) is 4.90 Å². The Kier molecular flexibility index (Phi) is 6.36. The molecule has 2 aliphatic heterocycles. The van der Waals surface area contributed by atoms with Gasteiger partial charge in [0.2, 0.25) is 5.91 Å². The van der Waals surface area contributed by atoms with Crippen LogP contribution in [0, 0.1) is 17.0 Å². The molecule has 1 amide bonds. The number of non-ortho nitro benzene ring substituents is 1. The molecule has 8 heteroatoms. The summed E-state index contributed by atoms with van der Waals surface area (Å²) in [7, 11) is 0. The van der Waals surface area contributed by atoms with Crippen LogP contribution in [0.25, 0.3) is 0 Å². The lowest BCUT2D eigenvalue weighted by Gasteiger charge is -2.32. The largest absolute Gasteiger partial charge is 0.467 e. The summed E-state index contributed by atoms with van der Waals surface area (Å²) in [6.07, 6.45) is 3.22. The smallest absolute Gasteiger partial charge is 0.270 e. The number of carbonyl (C=O) groups excluding carboxylic acids is 1. The van der Waals surface area contributed by atoms with E-state index < -0.39 is 4.92 Å². The van der Waals surface area contributed by atoms with Crippen LogP contribution in [-0.4, -0.2) is 42.2 Å². The topological polar surface area (TPSA) is 85.2 Å². The van der Waals surface area contributed by atoms with Crippen LogP contribution in [0.1, 0.15) is 36.0 Å². The first-order valence-corrected chi connectivity index (χ1v) is 10.6. The predicted octanol–water partition coefficient (Wildman–Crippen LogP) is 3.79. The standard InChI is InChI=1S/C23H27N3O5/c1-17-5-7-20(8-6-17)25(14-22(27)24-9-3-2-4-10-24)13-18-11-21(26(28)29)12-19-15-30-16-31-23(18)19/h5-8,11-12H,2-4,9-10,13-16H2,1H3. The zero-order valence-electron chi connectivity index (χ0n) is 17.7. The molecule has 0 N–H and O–H groups in total. The van der Waals surface area contributed by atoms with Crippen LogP contribution in [0.3, 0.4) is 0 Å². The molecule has 0 saturated carbocycles. The summed E-state index contributed by atoms with van der Waals surface area (Å²) < 4.78 is 11.0. The second-order valence-electron chi connectivity index (χ2n) is 8.09. The van der Waals surface area contributed by atoms with E-state index in [0.29, 0.717) is 23.4 Å². The molecule has 8 nitrogen and oxygen atoms in total. The number of aryl methyl sites for hydroxylation is 1. The highest BCUT2D eigenvalue weighted by Crippen LogP contribution is 2.34. The van der Waals surface area contributed by atoms with Crippen LogP contribution in [0.15, 0.2) is 36.4 Å². The molecule has 4 rings (SSSR count). The van der Waals surface area contributed by atoms with Crippen LogP contribution in [0.4, 0.5) is 11.4 Å². The van der Waals surface area contributed by atoms with Crippen molar-refractivity contribution in [2.24, 2.45) is 0 Å². The van der Waals surface area contributed by atoms with Gasteiger partial charge >= 0.3 is 0 Å². The fraction of sp³-hybridized carbons (Fsp3) is 0.435. The Morgan fingerprint density at radius 2 is 1.90 bits per heavy atom. The average molecular weight is 425 g/mol. The molecule has 2 aromatic rings. The molecule has 0 aromatic heterocycles. The number of fused-ring (bicyclic) bond motifs is 1. The molecule has 0 radical (unpaired) electrons. The monoisotopic (exact) mass is 425 g/mol. The Labute approximate surface area is 181 Å². The van der Waals surface area contributed by atoms with Gasteiger partial charge in [-0.3, -0.25) is 14.9 Å². The van der Waals surface area contributed by atoms with E-state index in [0.717, 1.165) is 43.6 Å². The summed E-state index contributed by atoms with van der Waals surface area (Å²) in [6.45, 7) is 4.48.